The fourth-order valence-corrected chi connectivity index (χ4v) is 2.31. The largest absolute Gasteiger partial charge is 0.378 e. The molecule has 1 amide bonds. The highest BCUT2D eigenvalue weighted by Crippen LogP contribution is 2.21. The molecule has 0 spiro atoms. The Labute approximate surface area is 117 Å². The van der Waals surface area contributed by atoms with Gasteiger partial charge in [-0.1, -0.05) is 11.6 Å². The molecule has 1 aliphatic heterocycles. The molecule has 0 bridgehead atoms. The molecule has 6 heteroatoms. The molecule has 1 saturated heterocycles. The number of rotatable bonds is 4. The zero-order valence-electron chi connectivity index (χ0n) is 11.0. The lowest BCUT2D eigenvalue weighted by Gasteiger charge is -2.25. The molecule has 0 saturated carbocycles. The Morgan fingerprint density at radius 3 is 3.00 bits per heavy atom. The number of nitrogens with zero attached hydrogens (tertiary/aromatic N) is 1. The van der Waals surface area contributed by atoms with Crippen LogP contribution in [0, 0.1) is 6.92 Å². The van der Waals surface area contributed by atoms with Crippen molar-refractivity contribution in [3.63, 3.8) is 0 Å². The number of nitrogens with one attached hydrogen (secondary N) is 1. The first-order valence-electron chi connectivity index (χ1n) is 6.10. The first kappa shape index (κ1) is 14.2. The summed E-state index contributed by atoms with van der Waals surface area (Å²) in [6, 6.07) is 3.25. The summed E-state index contributed by atoms with van der Waals surface area (Å²) in [5, 5.41) is 3.17. The van der Waals surface area contributed by atoms with Crippen molar-refractivity contribution in [2.75, 3.05) is 26.9 Å². The highest BCUT2D eigenvalue weighted by atomic mass is 35.5. The van der Waals surface area contributed by atoms with Crippen LogP contribution in [-0.4, -0.2) is 43.4 Å². The zero-order valence-corrected chi connectivity index (χ0v) is 11.8. The van der Waals surface area contributed by atoms with Crippen LogP contribution in [0.3, 0.4) is 0 Å². The van der Waals surface area contributed by atoms with E-state index in [1.807, 2.05) is 0 Å². The van der Waals surface area contributed by atoms with Gasteiger partial charge in [-0.25, -0.2) is 4.98 Å². The number of ether oxygens (including phenoxy) is 2. The molecule has 0 aromatic carbocycles. The van der Waals surface area contributed by atoms with Crippen LogP contribution >= 0.6 is 11.6 Å². The van der Waals surface area contributed by atoms with Gasteiger partial charge in [-0.15, -0.1) is 0 Å². The predicted molar refractivity (Wildman–Crippen MR) is 71.5 cm³/mol. The second-order valence-corrected chi connectivity index (χ2v) is 5.08. The number of methoxy groups -OCH3 is 1. The molecule has 104 valence electrons. The van der Waals surface area contributed by atoms with E-state index >= 15 is 0 Å². The standard InChI is InChI=1S/C13H17ClN2O3/c1-9-5-10(6-11(14)16-9)12(17)15-7-13(18-2)3-4-19-8-13/h5-6H,3-4,7-8H2,1-2H3,(H,15,17). The molecule has 2 rings (SSSR count). The van der Waals surface area contributed by atoms with Crippen molar-refractivity contribution in [3.05, 3.63) is 28.5 Å². The summed E-state index contributed by atoms with van der Waals surface area (Å²) in [6.07, 6.45) is 0.778. The van der Waals surface area contributed by atoms with E-state index in [4.69, 9.17) is 21.1 Å². The van der Waals surface area contributed by atoms with Gasteiger partial charge in [0.05, 0.1) is 6.61 Å². The van der Waals surface area contributed by atoms with Gasteiger partial charge in [0.2, 0.25) is 0 Å². The minimum absolute atomic E-state index is 0.185. The van der Waals surface area contributed by atoms with Crippen LogP contribution in [0.4, 0.5) is 0 Å². The Hall–Kier alpha value is -1.17. The van der Waals surface area contributed by atoms with Gasteiger partial charge in [0.15, 0.2) is 0 Å². The molecule has 1 aromatic heterocycles. The summed E-state index contributed by atoms with van der Waals surface area (Å²) in [5.41, 5.74) is 0.799. The van der Waals surface area contributed by atoms with Gasteiger partial charge in [-0.2, -0.15) is 0 Å². The Bertz CT molecular complexity index is 453. The molecule has 0 aliphatic carbocycles. The average molecular weight is 285 g/mol. The van der Waals surface area contributed by atoms with Crippen LogP contribution in [0.2, 0.25) is 5.15 Å². The molecule has 1 fully saturated rings. The van der Waals surface area contributed by atoms with Gasteiger partial charge < -0.3 is 14.8 Å². The Morgan fingerprint density at radius 1 is 1.63 bits per heavy atom. The second kappa shape index (κ2) is 5.86. The van der Waals surface area contributed by atoms with E-state index in [0.717, 1.165) is 6.42 Å². The van der Waals surface area contributed by atoms with Crippen LogP contribution in [-0.2, 0) is 9.47 Å². The molecule has 1 unspecified atom stereocenters. The average Bonchev–Trinajstić information content (AvgIpc) is 2.84. The van der Waals surface area contributed by atoms with Crippen molar-refractivity contribution in [1.82, 2.24) is 10.3 Å². The Morgan fingerprint density at radius 2 is 2.42 bits per heavy atom. The third kappa shape index (κ3) is 3.43. The number of carbonyl (C=O) groups excluding carboxylic acids is 1. The maximum atomic E-state index is 12.1. The SMILES string of the molecule is COC1(CNC(=O)c2cc(C)nc(Cl)c2)CCOC1. The predicted octanol–water partition coefficient (Wildman–Crippen LogP) is 1.58. The van der Waals surface area contributed by atoms with Crippen molar-refractivity contribution in [2.24, 2.45) is 0 Å². The molecule has 1 aromatic rings. The van der Waals surface area contributed by atoms with E-state index in [9.17, 15) is 4.79 Å². The van der Waals surface area contributed by atoms with Crippen LogP contribution < -0.4 is 5.32 Å². The number of hydrogen-bond acceptors (Lipinski definition) is 4. The van der Waals surface area contributed by atoms with Crippen molar-refractivity contribution in [1.29, 1.82) is 0 Å². The quantitative estimate of drug-likeness (QED) is 0.853. The van der Waals surface area contributed by atoms with E-state index in [2.05, 4.69) is 10.3 Å². The highest BCUT2D eigenvalue weighted by molar-refractivity contribution is 6.29. The van der Waals surface area contributed by atoms with Crippen molar-refractivity contribution in [2.45, 2.75) is 18.9 Å². The number of amides is 1. The van der Waals surface area contributed by atoms with E-state index in [1.165, 1.54) is 0 Å². The second-order valence-electron chi connectivity index (χ2n) is 4.69. The maximum Gasteiger partial charge on any atom is 0.251 e. The lowest BCUT2D eigenvalue weighted by Crippen LogP contribution is -2.45. The molecule has 1 aliphatic rings. The molecular weight excluding hydrogens is 268 g/mol. The monoisotopic (exact) mass is 284 g/mol. The van der Waals surface area contributed by atoms with Crippen molar-refractivity contribution >= 4 is 17.5 Å². The van der Waals surface area contributed by atoms with E-state index in [-0.39, 0.29) is 5.91 Å². The first-order chi connectivity index (χ1) is 9.04. The number of hydrogen-bond donors (Lipinski definition) is 1. The number of aryl methyl sites for hydroxylation is 1. The molecule has 1 N–H and O–H groups in total. The lowest BCUT2D eigenvalue weighted by molar-refractivity contribution is -0.0148. The normalized spacial score (nSPS) is 22.5. The number of halogens is 1. The summed E-state index contributed by atoms with van der Waals surface area (Å²) in [7, 11) is 1.63. The fourth-order valence-electron chi connectivity index (χ4n) is 2.06. The van der Waals surface area contributed by atoms with E-state index < -0.39 is 5.60 Å². The van der Waals surface area contributed by atoms with Crippen molar-refractivity contribution in [3.8, 4) is 0 Å². The molecule has 1 atom stereocenters. The first-order valence-corrected chi connectivity index (χ1v) is 6.48. The third-order valence-corrected chi connectivity index (χ3v) is 3.45. The molecule has 0 radical (unpaired) electrons. The number of aromatic nitrogens is 1. The molecule has 2 heterocycles. The molecule has 5 nitrogen and oxygen atoms in total. The third-order valence-electron chi connectivity index (χ3n) is 3.26. The van der Waals surface area contributed by atoms with Crippen LogP contribution in [0.15, 0.2) is 12.1 Å². The van der Waals surface area contributed by atoms with Gasteiger partial charge >= 0.3 is 0 Å². The van der Waals surface area contributed by atoms with Gasteiger partial charge in [-0.3, -0.25) is 4.79 Å². The van der Waals surface area contributed by atoms with Gasteiger partial charge in [0.1, 0.15) is 10.8 Å². The van der Waals surface area contributed by atoms with Gasteiger partial charge in [-0.05, 0) is 19.1 Å². The van der Waals surface area contributed by atoms with Crippen LogP contribution in [0.1, 0.15) is 22.5 Å². The summed E-state index contributed by atoms with van der Waals surface area (Å²) in [5.74, 6) is -0.185. The topological polar surface area (TPSA) is 60.5 Å². The summed E-state index contributed by atoms with van der Waals surface area (Å²) in [6.45, 7) is 3.37. The summed E-state index contributed by atoms with van der Waals surface area (Å²) in [4.78, 5) is 16.1. The summed E-state index contributed by atoms with van der Waals surface area (Å²) < 4.78 is 10.8. The Balaban J connectivity index is 2.01. The molecule has 19 heavy (non-hydrogen) atoms. The smallest absolute Gasteiger partial charge is 0.251 e. The minimum atomic E-state index is -0.415. The van der Waals surface area contributed by atoms with Gasteiger partial charge in [0, 0.05) is 37.9 Å². The van der Waals surface area contributed by atoms with Crippen molar-refractivity contribution < 1.29 is 14.3 Å². The highest BCUT2D eigenvalue weighted by Gasteiger charge is 2.35. The van der Waals surface area contributed by atoms with Gasteiger partial charge in [0.25, 0.3) is 5.91 Å². The lowest BCUT2D eigenvalue weighted by atomic mass is 10.0. The maximum absolute atomic E-state index is 12.1. The minimum Gasteiger partial charge on any atom is -0.378 e. The van der Waals surface area contributed by atoms with Crippen LogP contribution in [0.5, 0.6) is 0 Å². The van der Waals surface area contributed by atoms with Crippen LogP contribution in [0.25, 0.3) is 0 Å². The zero-order chi connectivity index (χ0) is 13.9. The van der Waals surface area contributed by atoms with E-state index in [0.29, 0.717) is 36.2 Å². The number of pyridine rings is 1. The number of carbonyl (C=O) groups is 1. The molecular formula is C13H17ClN2O3. The fraction of sp³-hybridized carbons (Fsp3) is 0.538. The Kier molecular flexibility index (Phi) is 4.39. The summed E-state index contributed by atoms with van der Waals surface area (Å²) >= 11 is 5.84. The van der Waals surface area contributed by atoms with E-state index in [1.54, 1.807) is 26.2 Å².